The van der Waals surface area contributed by atoms with E-state index in [9.17, 15) is 0 Å². The largest absolute Gasteiger partial charge is 0.382 e. The van der Waals surface area contributed by atoms with Crippen LogP contribution in [-0.2, 0) is 0 Å². The topological polar surface area (TPSA) is 202 Å². The van der Waals surface area contributed by atoms with Gasteiger partial charge in [-0.15, -0.1) is 0 Å². The second-order valence-corrected chi connectivity index (χ2v) is 3.71. The highest BCUT2D eigenvalue weighted by Crippen LogP contribution is 2.43. The molecular weight excluding hydrogens is 232 g/mol. The highest BCUT2D eigenvalue weighted by Gasteiger charge is 2.78. The molecule has 1 aliphatic rings. The Morgan fingerprint density at radius 1 is 0.438 bits per heavy atom. The zero-order valence-corrected chi connectivity index (χ0v) is 7.63. The summed E-state index contributed by atoms with van der Waals surface area (Å²) in [6.45, 7) is 0. The van der Waals surface area contributed by atoms with Gasteiger partial charge in [-0.3, -0.25) is 0 Å². The van der Waals surface area contributed by atoms with E-state index in [0.29, 0.717) is 0 Å². The van der Waals surface area contributed by atoms with Gasteiger partial charge in [0.05, 0.1) is 0 Å². The summed E-state index contributed by atoms with van der Waals surface area (Å²) in [6, 6.07) is 0. The van der Waals surface area contributed by atoms with Gasteiger partial charge in [-0.2, -0.15) is 0 Å². The van der Waals surface area contributed by atoms with Crippen molar-refractivity contribution >= 4 is 0 Å². The lowest BCUT2D eigenvalue weighted by Crippen LogP contribution is -2.86. The minimum absolute atomic E-state index is 3.20. The molecule has 0 aromatic heterocycles. The van der Waals surface area contributed by atoms with Crippen LogP contribution in [0.4, 0.5) is 0 Å². The third-order valence-corrected chi connectivity index (χ3v) is 2.61. The van der Waals surface area contributed by atoms with Crippen LogP contribution in [0.1, 0.15) is 0 Å². The smallest absolute Gasteiger partial charge is 0.254 e. The van der Waals surface area contributed by atoms with Gasteiger partial charge in [0.2, 0.25) is 0 Å². The zero-order chi connectivity index (χ0) is 13.2. The fourth-order valence-corrected chi connectivity index (χ4v) is 1.37. The van der Waals surface area contributed by atoms with E-state index in [1.54, 1.807) is 0 Å². The summed E-state index contributed by atoms with van der Waals surface area (Å²) in [7, 11) is 0. The average Bonchev–Trinajstić information content (AvgIpc) is 2.13. The van der Waals surface area contributed by atoms with Crippen LogP contribution < -0.4 is 0 Å². The van der Waals surface area contributed by atoms with Crippen LogP contribution in [0.5, 0.6) is 0 Å². The van der Waals surface area contributed by atoms with Crippen molar-refractivity contribution < 1.29 is 51.1 Å². The Labute approximate surface area is 87.5 Å². The SMILES string of the molecule is OC1C(O)(O)C(O)(O)C(O)C(O)(O)C1(O)O. The lowest BCUT2D eigenvalue weighted by molar-refractivity contribution is -0.532. The van der Waals surface area contributed by atoms with Crippen LogP contribution in [0.15, 0.2) is 0 Å². The van der Waals surface area contributed by atoms with Crippen molar-refractivity contribution in [1.29, 1.82) is 0 Å². The third-order valence-electron chi connectivity index (χ3n) is 2.61. The molecule has 0 aliphatic heterocycles. The van der Waals surface area contributed by atoms with Crippen molar-refractivity contribution in [1.82, 2.24) is 0 Å². The van der Waals surface area contributed by atoms with Crippen LogP contribution in [0.3, 0.4) is 0 Å². The molecule has 0 unspecified atom stereocenters. The molecule has 0 spiro atoms. The molecule has 1 rings (SSSR count). The van der Waals surface area contributed by atoms with E-state index >= 15 is 0 Å². The Balaban J connectivity index is 3.39. The van der Waals surface area contributed by atoms with Gasteiger partial charge in [0.15, 0.2) is 12.2 Å². The average molecular weight is 244 g/mol. The molecule has 0 saturated heterocycles. The molecule has 0 bridgehead atoms. The van der Waals surface area contributed by atoms with Gasteiger partial charge in [-0.05, 0) is 0 Å². The van der Waals surface area contributed by atoms with Crippen LogP contribution in [0, 0.1) is 0 Å². The lowest BCUT2D eigenvalue weighted by Gasteiger charge is -2.55. The maximum absolute atomic E-state index is 9.01. The van der Waals surface area contributed by atoms with Crippen molar-refractivity contribution in [2.75, 3.05) is 0 Å². The van der Waals surface area contributed by atoms with Crippen molar-refractivity contribution in [3.05, 3.63) is 0 Å². The summed E-state index contributed by atoms with van der Waals surface area (Å²) in [4.78, 5) is 0. The predicted molar refractivity (Wildman–Crippen MR) is 40.7 cm³/mol. The van der Waals surface area contributed by atoms with Crippen molar-refractivity contribution in [2.45, 2.75) is 35.4 Å². The molecule has 0 amide bonds. The highest BCUT2D eigenvalue weighted by molar-refractivity contribution is 5.13. The zero-order valence-electron chi connectivity index (χ0n) is 7.63. The molecular formula is C6H12O10. The molecule has 0 radical (unpaired) electrons. The molecule has 1 fully saturated rings. The molecule has 10 N–H and O–H groups in total. The highest BCUT2D eigenvalue weighted by atomic mass is 16.7. The summed E-state index contributed by atoms with van der Waals surface area (Å²) >= 11 is 0. The Morgan fingerprint density at radius 2 is 0.562 bits per heavy atom. The molecule has 1 saturated carbocycles. The summed E-state index contributed by atoms with van der Waals surface area (Å²) in [6.07, 6.45) is -6.40. The van der Waals surface area contributed by atoms with Gasteiger partial charge in [0.25, 0.3) is 23.1 Å². The first kappa shape index (κ1) is 13.7. The quantitative estimate of drug-likeness (QED) is 0.182. The lowest BCUT2D eigenvalue weighted by atomic mass is 9.74. The van der Waals surface area contributed by atoms with Gasteiger partial charge in [0, 0.05) is 0 Å². The van der Waals surface area contributed by atoms with Crippen LogP contribution in [0.2, 0.25) is 0 Å². The first-order chi connectivity index (χ1) is 6.81. The van der Waals surface area contributed by atoms with E-state index in [0.717, 1.165) is 0 Å². The predicted octanol–water partition coefficient (Wildman–Crippen LogP) is -6.55. The van der Waals surface area contributed by atoms with Gasteiger partial charge < -0.3 is 51.1 Å². The first-order valence-electron chi connectivity index (χ1n) is 3.96. The summed E-state index contributed by atoms with van der Waals surface area (Å²) in [5, 5.41) is 90.1. The second kappa shape index (κ2) is 3.08. The van der Waals surface area contributed by atoms with Crippen LogP contribution in [-0.4, -0.2) is 86.4 Å². The fraction of sp³-hybridized carbons (Fsp3) is 1.00. The molecule has 0 heterocycles. The Kier molecular flexibility index (Phi) is 2.63. The molecule has 16 heavy (non-hydrogen) atoms. The second-order valence-electron chi connectivity index (χ2n) is 3.71. The molecule has 0 aromatic carbocycles. The number of hydrogen-bond donors (Lipinski definition) is 10. The maximum atomic E-state index is 9.01. The van der Waals surface area contributed by atoms with E-state index in [-0.39, 0.29) is 0 Å². The normalized spacial score (nSPS) is 39.4. The number of aliphatic hydroxyl groups is 10. The number of hydrogen-bond acceptors (Lipinski definition) is 10. The van der Waals surface area contributed by atoms with Crippen molar-refractivity contribution in [2.24, 2.45) is 0 Å². The molecule has 10 heteroatoms. The van der Waals surface area contributed by atoms with E-state index < -0.39 is 35.4 Å². The van der Waals surface area contributed by atoms with Crippen molar-refractivity contribution in [3.8, 4) is 0 Å². The Bertz CT molecular complexity index is 236. The number of rotatable bonds is 0. The third kappa shape index (κ3) is 1.25. The van der Waals surface area contributed by atoms with Gasteiger partial charge >= 0.3 is 0 Å². The first-order valence-corrected chi connectivity index (χ1v) is 3.96. The van der Waals surface area contributed by atoms with Crippen molar-refractivity contribution in [3.63, 3.8) is 0 Å². The van der Waals surface area contributed by atoms with Gasteiger partial charge in [-0.1, -0.05) is 0 Å². The summed E-state index contributed by atoms with van der Waals surface area (Å²) in [5.41, 5.74) is 0. The van der Waals surface area contributed by atoms with Gasteiger partial charge in [-0.25, -0.2) is 0 Å². The van der Waals surface area contributed by atoms with E-state index in [1.807, 2.05) is 0 Å². The summed E-state index contributed by atoms with van der Waals surface area (Å²) in [5.74, 6) is -16.0. The maximum Gasteiger partial charge on any atom is 0.254 e. The standard InChI is InChI=1S/C6H12O10/c7-1-3(9,10)5(13,14)2(8)6(15,16)4(1,11)12/h1-2,7-16H. The Hall–Kier alpha value is -0.400. The van der Waals surface area contributed by atoms with E-state index in [1.165, 1.54) is 0 Å². The van der Waals surface area contributed by atoms with E-state index in [2.05, 4.69) is 0 Å². The van der Waals surface area contributed by atoms with Crippen LogP contribution in [0.25, 0.3) is 0 Å². The molecule has 96 valence electrons. The molecule has 10 nitrogen and oxygen atoms in total. The molecule has 0 aromatic rings. The molecule has 0 atom stereocenters. The fourth-order valence-electron chi connectivity index (χ4n) is 1.37. The van der Waals surface area contributed by atoms with Crippen LogP contribution >= 0.6 is 0 Å². The Morgan fingerprint density at radius 3 is 0.688 bits per heavy atom. The summed E-state index contributed by atoms with van der Waals surface area (Å²) < 4.78 is 0. The van der Waals surface area contributed by atoms with E-state index in [4.69, 9.17) is 51.1 Å². The monoisotopic (exact) mass is 244 g/mol. The molecule has 1 aliphatic carbocycles. The minimum Gasteiger partial charge on any atom is -0.382 e. The number of aliphatic hydroxyl groups excluding tert-OH is 2. The van der Waals surface area contributed by atoms with Gasteiger partial charge in [0.1, 0.15) is 0 Å². The minimum atomic E-state index is -4.01.